The second-order valence-electron chi connectivity index (χ2n) is 4.96. The number of anilines is 1. The van der Waals surface area contributed by atoms with Gasteiger partial charge in [-0.2, -0.15) is 0 Å². The molecule has 0 saturated heterocycles. The molecule has 0 fully saturated rings. The SMILES string of the molecule is C=CCOC(=O)c1cccc2c1nc(N)n2S(=O)(=O)CCCC. The molecule has 1 heterocycles. The Kier molecular flexibility index (Phi) is 5.05. The van der Waals surface area contributed by atoms with Crippen molar-refractivity contribution in [1.82, 2.24) is 8.96 Å². The second-order valence-corrected chi connectivity index (χ2v) is 6.90. The monoisotopic (exact) mass is 337 g/mol. The van der Waals surface area contributed by atoms with Crippen LogP contribution in [0, 0.1) is 0 Å². The Morgan fingerprint density at radius 2 is 2.22 bits per heavy atom. The van der Waals surface area contributed by atoms with Gasteiger partial charge in [0.05, 0.1) is 16.8 Å². The Morgan fingerprint density at radius 1 is 1.48 bits per heavy atom. The van der Waals surface area contributed by atoms with Crippen LogP contribution in [0.2, 0.25) is 0 Å². The van der Waals surface area contributed by atoms with E-state index in [1.165, 1.54) is 12.1 Å². The highest BCUT2D eigenvalue weighted by molar-refractivity contribution is 7.90. The fourth-order valence-corrected chi connectivity index (χ4v) is 3.79. The molecule has 7 nitrogen and oxygen atoms in total. The number of para-hydroxylation sites is 1. The molecule has 0 unspecified atom stereocenters. The molecule has 1 aromatic carbocycles. The van der Waals surface area contributed by atoms with Gasteiger partial charge < -0.3 is 10.5 Å². The summed E-state index contributed by atoms with van der Waals surface area (Å²) in [7, 11) is -3.63. The lowest BCUT2D eigenvalue weighted by Crippen LogP contribution is -2.18. The van der Waals surface area contributed by atoms with Crippen LogP contribution in [0.25, 0.3) is 11.0 Å². The van der Waals surface area contributed by atoms with E-state index in [4.69, 9.17) is 10.5 Å². The maximum Gasteiger partial charge on any atom is 0.340 e. The van der Waals surface area contributed by atoms with Crippen LogP contribution in [-0.4, -0.2) is 35.7 Å². The number of esters is 1. The van der Waals surface area contributed by atoms with Crippen molar-refractivity contribution in [2.24, 2.45) is 0 Å². The molecule has 0 aliphatic carbocycles. The zero-order valence-corrected chi connectivity index (χ0v) is 13.7. The summed E-state index contributed by atoms with van der Waals surface area (Å²) in [4.78, 5) is 16.1. The summed E-state index contributed by atoms with van der Waals surface area (Å²) < 4.78 is 30.9. The van der Waals surface area contributed by atoms with E-state index in [1.54, 1.807) is 12.1 Å². The fraction of sp³-hybridized carbons (Fsp3) is 0.333. The summed E-state index contributed by atoms with van der Waals surface area (Å²) in [6.45, 7) is 5.43. The van der Waals surface area contributed by atoms with E-state index in [1.807, 2.05) is 6.92 Å². The van der Waals surface area contributed by atoms with Gasteiger partial charge in [-0.1, -0.05) is 32.1 Å². The summed E-state index contributed by atoms with van der Waals surface area (Å²) in [5.74, 6) is -0.809. The Hall–Kier alpha value is -2.35. The molecule has 1 aromatic heterocycles. The van der Waals surface area contributed by atoms with Crippen LogP contribution in [0.15, 0.2) is 30.9 Å². The molecule has 0 bridgehead atoms. The first-order valence-corrected chi connectivity index (χ1v) is 8.81. The zero-order valence-electron chi connectivity index (χ0n) is 12.9. The number of aromatic nitrogens is 2. The molecule has 0 spiro atoms. The first-order chi connectivity index (χ1) is 10.9. The molecule has 2 rings (SSSR count). The minimum atomic E-state index is -3.63. The predicted octanol–water partition coefficient (Wildman–Crippen LogP) is 1.94. The van der Waals surface area contributed by atoms with Crippen LogP contribution in [0.5, 0.6) is 0 Å². The van der Waals surface area contributed by atoms with E-state index in [0.717, 1.165) is 10.4 Å². The van der Waals surface area contributed by atoms with Gasteiger partial charge in [0.2, 0.25) is 16.0 Å². The molecular weight excluding hydrogens is 318 g/mol. The van der Waals surface area contributed by atoms with Crippen LogP contribution < -0.4 is 5.73 Å². The Balaban J connectivity index is 2.56. The van der Waals surface area contributed by atoms with Gasteiger partial charge in [0.1, 0.15) is 12.1 Å². The van der Waals surface area contributed by atoms with Crippen LogP contribution in [-0.2, 0) is 14.8 Å². The summed E-state index contributed by atoms with van der Waals surface area (Å²) in [5.41, 5.74) is 6.43. The fourth-order valence-electron chi connectivity index (χ4n) is 2.18. The lowest BCUT2D eigenvalue weighted by molar-refractivity contribution is 0.0552. The minimum Gasteiger partial charge on any atom is -0.458 e. The zero-order chi connectivity index (χ0) is 17.0. The van der Waals surface area contributed by atoms with E-state index in [-0.39, 0.29) is 34.9 Å². The molecule has 0 radical (unpaired) electrons. The van der Waals surface area contributed by atoms with E-state index in [9.17, 15) is 13.2 Å². The van der Waals surface area contributed by atoms with E-state index < -0.39 is 16.0 Å². The van der Waals surface area contributed by atoms with Gasteiger partial charge in [-0.05, 0) is 18.6 Å². The number of carbonyl (C=O) groups is 1. The molecule has 0 atom stereocenters. The second kappa shape index (κ2) is 6.82. The van der Waals surface area contributed by atoms with Gasteiger partial charge in [0, 0.05) is 0 Å². The van der Waals surface area contributed by atoms with Gasteiger partial charge in [-0.25, -0.2) is 22.2 Å². The molecule has 0 saturated carbocycles. The number of carbonyl (C=O) groups excluding carboxylic acids is 1. The molecule has 8 heteroatoms. The number of nitrogens with zero attached hydrogens (tertiary/aromatic N) is 2. The maximum absolute atomic E-state index is 12.5. The number of nitrogens with two attached hydrogens (primary N) is 1. The van der Waals surface area contributed by atoms with E-state index >= 15 is 0 Å². The highest BCUT2D eigenvalue weighted by atomic mass is 32.2. The number of ether oxygens (including phenoxy) is 1. The van der Waals surface area contributed by atoms with Gasteiger partial charge in [-0.3, -0.25) is 0 Å². The smallest absolute Gasteiger partial charge is 0.340 e. The predicted molar refractivity (Wildman–Crippen MR) is 88.7 cm³/mol. The topological polar surface area (TPSA) is 104 Å². The van der Waals surface area contributed by atoms with Crippen LogP contribution in [0.3, 0.4) is 0 Å². The van der Waals surface area contributed by atoms with Gasteiger partial charge in [0.15, 0.2) is 0 Å². The number of unbranched alkanes of at least 4 members (excludes halogenated alkanes) is 1. The number of hydrogen-bond donors (Lipinski definition) is 1. The standard InChI is InChI=1S/C15H19N3O4S/c1-3-5-10-23(20,21)18-12-8-6-7-11(13(12)17-15(18)16)14(19)22-9-4-2/h4,6-8H,2-3,5,9-10H2,1H3,(H2,16,17). The number of imidazole rings is 1. The number of nitrogen functional groups attached to an aromatic ring is 1. The number of hydrogen-bond acceptors (Lipinski definition) is 6. The van der Waals surface area contributed by atoms with Crippen molar-refractivity contribution in [2.75, 3.05) is 18.1 Å². The van der Waals surface area contributed by atoms with Crippen molar-refractivity contribution in [2.45, 2.75) is 19.8 Å². The third-order valence-electron chi connectivity index (χ3n) is 3.25. The van der Waals surface area contributed by atoms with Crippen molar-refractivity contribution in [1.29, 1.82) is 0 Å². The van der Waals surface area contributed by atoms with Crippen molar-refractivity contribution in [3.63, 3.8) is 0 Å². The Labute approximate surface area is 134 Å². The largest absolute Gasteiger partial charge is 0.458 e. The average molecular weight is 337 g/mol. The molecule has 0 aliphatic heterocycles. The lowest BCUT2D eigenvalue weighted by Gasteiger charge is -2.08. The first kappa shape index (κ1) is 17.0. The third-order valence-corrected chi connectivity index (χ3v) is 5.00. The van der Waals surface area contributed by atoms with Crippen LogP contribution in [0.1, 0.15) is 30.1 Å². The average Bonchev–Trinajstić information content (AvgIpc) is 2.87. The van der Waals surface area contributed by atoms with Gasteiger partial charge in [-0.15, -0.1) is 0 Å². The maximum atomic E-state index is 12.5. The highest BCUT2D eigenvalue weighted by Gasteiger charge is 2.23. The first-order valence-electron chi connectivity index (χ1n) is 7.20. The summed E-state index contributed by atoms with van der Waals surface area (Å²) >= 11 is 0. The van der Waals surface area contributed by atoms with E-state index in [2.05, 4.69) is 11.6 Å². The number of benzene rings is 1. The molecule has 23 heavy (non-hydrogen) atoms. The minimum absolute atomic E-state index is 0.0374. The number of rotatable bonds is 7. The van der Waals surface area contributed by atoms with Gasteiger partial charge >= 0.3 is 5.97 Å². The summed E-state index contributed by atoms with van der Waals surface area (Å²) in [5, 5.41) is 0. The van der Waals surface area contributed by atoms with Crippen LogP contribution in [0.4, 0.5) is 5.95 Å². The van der Waals surface area contributed by atoms with Crippen molar-refractivity contribution < 1.29 is 17.9 Å². The molecular formula is C15H19N3O4S. The highest BCUT2D eigenvalue weighted by Crippen LogP contribution is 2.24. The summed E-state index contributed by atoms with van der Waals surface area (Å²) in [6, 6.07) is 4.65. The van der Waals surface area contributed by atoms with Crippen molar-refractivity contribution >= 4 is 33.0 Å². The number of fused-ring (bicyclic) bond motifs is 1. The normalized spacial score (nSPS) is 11.5. The lowest BCUT2D eigenvalue weighted by atomic mass is 10.2. The molecule has 2 aromatic rings. The molecule has 124 valence electrons. The van der Waals surface area contributed by atoms with Crippen molar-refractivity contribution in [3.8, 4) is 0 Å². The van der Waals surface area contributed by atoms with Gasteiger partial charge in [0.25, 0.3) is 0 Å². The molecule has 0 aliphatic rings. The Morgan fingerprint density at radius 3 is 2.87 bits per heavy atom. The summed E-state index contributed by atoms with van der Waals surface area (Å²) in [6.07, 6.45) is 2.70. The van der Waals surface area contributed by atoms with Crippen LogP contribution >= 0.6 is 0 Å². The quantitative estimate of drug-likeness (QED) is 0.611. The van der Waals surface area contributed by atoms with Crippen molar-refractivity contribution in [3.05, 3.63) is 36.4 Å². The molecule has 0 amide bonds. The van der Waals surface area contributed by atoms with E-state index in [0.29, 0.717) is 6.42 Å². The molecule has 2 N–H and O–H groups in total. The third kappa shape index (κ3) is 3.37. The Bertz CT molecular complexity index is 840.